The SMILES string of the molecule is CNc1cc([C@H]2CCCN2C(=O)c2ocnc2C)nc(C)n1. The molecule has 1 amide bonds. The average molecular weight is 301 g/mol. The van der Waals surface area contributed by atoms with Crippen LogP contribution in [0.2, 0.25) is 0 Å². The first-order valence-corrected chi connectivity index (χ1v) is 7.34. The third-order valence-electron chi connectivity index (χ3n) is 3.91. The van der Waals surface area contributed by atoms with Crippen molar-refractivity contribution < 1.29 is 9.21 Å². The molecule has 0 unspecified atom stereocenters. The van der Waals surface area contributed by atoms with Crippen molar-refractivity contribution in [2.45, 2.75) is 32.7 Å². The van der Waals surface area contributed by atoms with Crippen LogP contribution < -0.4 is 5.32 Å². The quantitative estimate of drug-likeness (QED) is 0.934. The highest BCUT2D eigenvalue weighted by Gasteiger charge is 2.34. The van der Waals surface area contributed by atoms with Gasteiger partial charge in [-0.25, -0.2) is 15.0 Å². The van der Waals surface area contributed by atoms with Crippen LogP contribution in [0, 0.1) is 13.8 Å². The maximum atomic E-state index is 12.7. The van der Waals surface area contributed by atoms with E-state index in [2.05, 4.69) is 20.3 Å². The molecule has 3 rings (SSSR count). The fraction of sp³-hybridized carbons (Fsp3) is 0.467. The summed E-state index contributed by atoms with van der Waals surface area (Å²) in [6, 6.07) is 1.85. The minimum Gasteiger partial charge on any atom is -0.438 e. The molecule has 0 bridgehead atoms. The Morgan fingerprint density at radius 3 is 2.91 bits per heavy atom. The van der Waals surface area contributed by atoms with Gasteiger partial charge in [-0.1, -0.05) is 0 Å². The number of amides is 1. The predicted octanol–water partition coefficient (Wildman–Crippen LogP) is 2.10. The maximum Gasteiger partial charge on any atom is 0.292 e. The molecule has 1 aliphatic heterocycles. The molecule has 22 heavy (non-hydrogen) atoms. The topological polar surface area (TPSA) is 84.2 Å². The molecular weight excluding hydrogens is 282 g/mol. The van der Waals surface area contributed by atoms with Gasteiger partial charge in [0.1, 0.15) is 11.6 Å². The number of nitrogens with one attached hydrogen (secondary N) is 1. The van der Waals surface area contributed by atoms with Gasteiger partial charge >= 0.3 is 0 Å². The Bertz CT molecular complexity index is 697. The third kappa shape index (κ3) is 2.54. The second-order valence-corrected chi connectivity index (χ2v) is 5.40. The lowest BCUT2D eigenvalue weighted by atomic mass is 10.1. The lowest BCUT2D eigenvalue weighted by Gasteiger charge is -2.24. The van der Waals surface area contributed by atoms with Crippen LogP contribution >= 0.6 is 0 Å². The number of oxazole rings is 1. The summed E-state index contributed by atoms with van der Waals surface area (Å²) in [4.78, 5) is 27.3. The number of aryl methyl sites for hydroxylation is 2. The molecule has 7 nitrogen and oxygen atoms in total. The predicted molar refractivity (Wildman–Crippen MR) is 80.6 cm³/mol. The first-order chi connectivity index (χ1) is 10.6. The van der Waals surface area contributed by atoms with Gasteiger partial charge in [0.25, 0.3) is 5.91 Å². The molecule has 0 radical (unpaired) electrons. The van der Waals surface area contributed by atoms with Crippen LogP contribution in [0.1, 0.15) is 46.7 Å². The number of anilines is 1. The molecule has 7 heteroatoms. The number of rotatable bonds is 3. The van der Waals surface area contributed by atoms with E-state index in [4.69, 9.17) is 4.42 Å². The number of hydrogen-bond acceptors (Lipinski definition) is 6. The number of carbonyl (C=O) groups is 1. The van der Waals surface area contributed by atoms with Gasteiger partial charge in [0.2, 0.25) is 5.76 Å². The Kier molecular flexibility index (Phi) is 3.79. The molecule has 0 spiro atoms. The standard InChI is InChI=1S/C15H19N5O2/c1-9-14(22-8-17-9)15(21)20-6-4-5-12(20)11-7-13(16-3)19-10(2)18-11/h7-8,12H,4-6H2,1-3H3,(H,16,18,19)/t12-/m1/s1. The number of nitrogens with zero attached hydrogens (tertiary/aromatic N) is 4. The Labute approximate surface area is 128 Å². The summed E-state index contributed by atoms with van der Waals surface area (Å²) < 4.78 is 5.24. The molecule has 0 aromatic carbocycles. The van der Waals surface area contributed by atoms with Crippen LogP contribution in [0.5, 0.6) is 0 Å². The van der Waals surface area contributed by atoms with E-state index in [1.165, 1.54) is 6.39 Å². The minimum atomic E-state index is -0.125. The van der Waals surface area contributed by atoms with Crippen molar-refractivity contribution in [1.29, 1.82) is 0 Å². The second kappa shape index (κ2) is 5.75. The van der Waals surface area contributed by atoms with Crippen molar-refractivity contribution in [1.82, 2.24) is 19.9 Å². The van der Waals surface area contributed by atoms with Crippen molar-refractivity contribution in [3.8, 4) is 0 Å². The van der Waals surface area contributed by atoms with Crippen LogP contribution in [0.4, 0.5) is 5.82 Å². The molecule has 1 N–H and O–H groups in total. The van der Waals surface area contributed by atoms with Crippen molar-refractivity contribution in [2.75, 3.05) is 18.9 Å². The van der Waals surface area contributed by atoms with Crippen LogP contribution in [-0.2, 0) is 0 Å². The van der Waals surface area contributed by atoms with E-state index in [0.29, 0.717) is 23.8 Å². The minimum absolute atomic E-state index is 0.0502. The van der Waals surface area contributed by atoms with Gasteiger partial charge in [-0.3, -0.25) is 4.79 Å². The lowest BCUT2D eigenvalue weighted by molar-refractivity contribution is 0.0699. The molecule has 1 fully saturated rings. The molecule has 0 aliphatic carbocycles. The van der Waals surface area contributed by atoms with E-state index < -0.39 is 0 Å². The molecule has 116 valence electrons. The summed E-state index contributed by atoms with van der Waals surface area (Å²) >= 11 is 0. The van der Waals surface area contributed by atoms with Crippen molar-refractivity contribution in [3.63, 3.8) is 0 Å². The molecule has 1 atom stereocenters. The Morgan fingerprint density at radius 1 is 1.41 bits per heavy atom. The van der Waals surface area contributed by atoms with E-state index in [0.717, 1.165) is 24.4 Å². The summed E-state index contributed by atoms with van der Waals surface area (Å²) in [5.41, 5.74) is 1.48. The first-order valence-electron chi connectivity index (χ1n) is 7.34. The number of aromatic nitrogens is 3. The average Bonchev–Trinajstić information content (AvgIpc) is 3.14. The first kappa shape index (κ1) is 14.5. The number of likely N-dealkylation sites (tertiary alicyclic amines) is 1. The summed E-state index contributed by atoms with van der Waals surface area (Å²) in [7, 11) is 1.82. The largest absolute Gasteiger partial charge is 0.438 e. The Hall–Kier alpha value is -2.44. The second-order valence-electron chi connectivity index (χ2n) is 5.40. The molecule has 0 saturated carbocycles. The van der Waals surface area contributed by atoms with Crippen LogP contribution in [0.3, 0.4) is 0 Å². The molecule has 1 saturated heterocycles. The van der Waals surface area contributed by atoms with E-state index >= 15 is 0 Å². The fourth-order valence-electron chi connectivity index (χ4n) is 2.84. The smallest absolute Gasteiger partial charge is 0.292 e. The van der Waals surface area contributed by atoms with Gasteiger partial charge in [-0.15, -0.1) is 0 Å². The van der Waals surface area contributed by atoms with Crippen LogP contribution in [-0.4, -0.2) is 39.4 Å². The summed E-state index contributed by atoms with van der Waals surface area (Å²) in [5, 5.41) is 3.03. The Balaban J connectivity index is 1.92. The highest BCUT2D eigenvalue weighted by molar-refractivity contribution is 5.92. The van der Waals surface area contributed by atoms with Gasteiger partial charge in [-0.2, -0.15) is 0 Å². The summed E-state index contributed by atoms with van der Waals surface area (Å²) in [6.07, 6.45) is 3.14. The van der Waals surface area contributed by atoms with E-state index in [9.17, 15) is 4.79 Å². The monoisotopic (exact) mass is 301 g/mol. The molecule has 3 heterocycles. The molecule has 2 aromatic rings. The molecule has 1 aliphatic rings. The van der Waals surface area contributed by atoms with Crippen molar-refractivity contribution in [2.24, 2.45) is 0 Å². The van der Waals surface area contributed by atoms with Crippen molar-refractivity contribution >= 4 is 11.7 Å². The van der Waals surface area contributed by atoms with Gasteiger partial charge in [0.05, 0.1) is 17.4 Å². The van der Waals surface area contributed by atoms with E-state index in [1.54, 1.807) is 6.92 Å². The van der Waals surface area contributed by atoms with Gasteiger partial charge < -0.3 is 14.6 Å². The number of hydrogen-bond donors (Lipinski definition) is 1. The van der Waals surface area contributed by atoms with Crippen molar-refractivity contribution in [3.05, 3.63) is 35.4 Å². The molecule has 2 aromatic heterocycles. The zero-order valence-corrected chi connectivity index (χ0v) is 13.0. The summed E-state index contributed by atoms with van der Waals surface area (Å²) in [6.45, 7) is 4.32. The maximum absolute atomic E-state index is 12.7. The zero-order chi connectivity index (χ0) is 15.7. The van der Waals surface area contributed by atoms with Crippen LogP contribution in [0.15, 0.2) is 16.9 Å². The fourth-order valence-corrected chi connectivity index (χ4v) is 2.84. The van der Waals surface area contributed by atoms with Crippen LogP contribution in [0.25, 0.3) is 0 Å². The van der Waals surface area contributed by atoms with E-state index in [1.807, 2.05) is 24.9 Å². The van der Waals surface area contributed by atoms with Gasteiger partial charge in [-0.05, 0) is 26.7 Å². The normalized spacial score (nSPS) is 17.8. The van der Waals surface area contributed by atoms with Gasteiger partial charge in [0, 0.05) is 19.7 Å². The van der Waals surface area contributed by atoms with Gasteiger partial charge in [0.15, 0.2) is 6.39 Å². The lowest BCUT2D eigenvalue weighted by Crippen LogP contribution is -2.31. The highest BCUT2D eigenvalue weighted by atomic mass is 16.3. The Morgan fingerprint density at radius 2 is 2.23 bits per heavy atom. The third-order valence-corrected chi connectivity index (χ3v) is 3.91. The zero-order valence-electron chi connectivity index (χ0n) is 13.0. The molecular formula is C15H19N5O2. The number of carbonyl (C=O) groups excluding carboxylic acids is 1. The summed E-state index contributed by atoms with van der Waals surface area (Å²) in [5.74, 6) is 1.64. The van der Waals surface area contributed by atoms with E-state index in [-0.39, 0.29) is 11.9 Å². The highest BCUT2D eigenvalue weighted by Crippen LogP contribution is 2.33.